The number of nitrogens with zero attached hydrogens (tertiary/aromatic N) is 2. The van der Waals surface area contributed by atoms with Crippen LogP contribution in [-0.4, -0.2) is 48.8 Å². The van der Waals surface area contributed by atoms with Crippen LogP contribution in [0.2, 0.25) is 0 Å². The van der Waals surface area contributed by atoms with E-state index in [1.807, 2.05) is 6.92 Å². The summed E-state index contributed by atoms with van der Waals surface area (Å²) >= 11 is 0. The summed E-state index contributed by atoms with van der Waals surface area (Å²) in [5.41, 5.74) is 5.43. The van der Waals surface area contributed by atoms with Crippen molar-refractivity contribution in [2.45, 2.75) is 13.3 Å². The topological polar surface area (TPSA) is 71.1 Å². The maximum atomic E-state index is 8.41. The lowest BCUT2D eigenvalue weighted by molar-refractivity contribution is 0.113. The largest absolute Gasteiger partial charge is 0.409 e. The van der Waals surface area contributed by atoms with Gasteiger partial charge >= 0.3 is 0 Å². The molecule has 0 aromatic rings. The molecule has 14 heavy (non-hydrogen) atoms. The van der Waals surface area contributed by atoms with Crippen LogP contribution in [0.5, 0.6) is 0 Å². The average Bonchev–Trinajstić information content (AvgIpc) is 2.62. The first kappa shape index (κ1) is 11.3. The van der Waals surface area contributed by atoms with Gasteiger partial charge < -0.3 is 15.7 Å². The Hall–Kier alpha value is -0.810. The number of amidine groups is 1. The summed E-state index contributed by atoms with van der Waals surface area (Å²) in [6.45, 7) is 6.15. The molecule has 0 aromatic carbocycles. The van der Waals surface area contributed by atoms with Crippen molar-refractivity contribution in [2.24, 2.45) is 16.8 Å². The number of oxime groups is 1. The third-order valence-electron chi connectivity index (χ3n) is 2.44. The summed E-state index contributed by atoms with van der Waals surface area (Å²) < 4.78 is 5.36. The lowest BCUT2D eigenvalue weighted by atomic mass is 10.1. The lowest BCUT2D eigenvalue weighted by Gasteiger charge is -2.14. The zero-order valence-corrected chi connectivity index (χ0v) is 8.65. The van der Waals surface area contributed by atoms with Crippen molar-refractivity contribution in [1.82, 2.24) is 4.90 Å². The number of hydrogen-bond acceptors (Lipinski definition) is 4. The first-order chi connectivity index (χ1) is 6.76. The second-order valence-electron chi connectivity index (χ2n) is 3.64. The van der Waals surface area contributed by atoms with E-state index in [1.54, 1.807) is 0 Å². The quantitative estimate of drug-likeness (QED) is 0.286. The van der Waals surface area contributed by atoms with Crippen LogP contribution >= 0.6 is 0 Å². The van der Waals surface area contributed by atoms with E-state index < -0.39 is 0 Å². The minimum atomic E-state index is 0.280. The smallest absolute Gasteiger partial charge is 0.153 e. The minimum absolute atomic E-state index is 0.280. The fourth-order valence-corrected chi connectivity index (χ4v) is 1.74. The predicted octanol–water partition coefficient (Wildman–Crippen LogP) is 0.0912. The summed E-state index contributed by atoms with van der Waals surface area (Å²) in [5.74, 6) is 0.878. The van der Waals surface area contributed by atoms with E-state index in [0.29, 0.717) is 12.5 Å². The van der Waals surface area contributed by atoms with Gasteiger partial charge in [-0.3, -0.25) is 4.90 Å². The first-order valence-electron chi connectivity index (χ1n) is 5.02. The lowest BCUT2D eigenvalue weighted by Crippen LogP contribution is -2.32. The number of nitrogens with two attached hydrogens (primary N) is 1. The summed E-state index contributed by atoms with van der Waals surface area (Å²) in [5, 5.41) is 11.4. The van der Waals surface area contributed by atoms with Gasteiger partial charge in [-0.1, -0.05) is 5.16 Å². The Bertz CT molecular complexity index is 196. The molecule has 5 heteroatoms. The number of ether oxygens (including phenoxy) is 1. The summed E-state index contributed by atoms with van der Waals surface area (Å²) in [7, 11) is 0. The summed E-state index contributed by atoms with van der Waals surface area (Å²) in [6, 6.07) is 0. The molecule has 0 amide bonds. The molecule has 1 atom stereocenters. The second-order valence-corrected chi connectivity index (χ2v) is 3.64. The van der Waals surface area contributed by atoms with Gasteiger partial charge in [0.1, 0.15) is 0 Å². The molecule has 1 fully saturated rings. The molecule has 0 unspecified atom stereocenters. The van der Waals surface area contributed by atoms with Crippen LogP contribution in [-0.2, 0) is 4.74 Å². The van der Waals surface area contributed by atoms with Crippen LogP contribution in [0.1, 0.15) is 13.3 Å². The Labute approximate surface area is 84.5 Å². The monoisotopic (exact) mass is 201 g/mol. The van der Waals surface area contributed by atoms with Gasteiger partial charge in [-0.15, -0.1) is 0 Å². The van der Waals surface area contributed by atoms with E-state index in [4.69, 9.17) is 15.7 Å². The summed E-state index contributed by atoms with van der Waals surface area (Å²) in [4.78, 5) is 2.18. The molecule has 0 aliphatic carbocycles. The van der Waals surface area contributed by atoms with Crippen LogP contribution < -0.4 is 5.73 Å². The molecule has 1 heterocycles. The molecular formula is C9H19N3O2. The Morgan fingerprint density at radius 1 is 1.71 bits per heavy atom. The van der Waals surface area contributed by atoms with Gasteiger partial charge in [-0.25, -0.2) is 0 Å². The molecule has 0 saturated carbocycles. The van der Waals surface area contributed by atoms with Crippen LogP contribution in [0, 0.1) is 5.92 Å². The van der Waals surface area contributed by atoms with Crippen molar-refractivity contribution in [1.29, 1.82) is 0 Å². The molecule has 82 valence electrons. The number of hydrogen-bond donors (Lipinski definition) is 2. The molecule has 1 aliphatic heterocycles. The Balaban J connectivity index is 2.20. The maximum Gasteiger partial charge on any atom is 0.153 e. The molecule has 5 nitrogen and oxygen atoms in total. The number of rotatable bonds is 5. The molecule has 0 bridgehead atoms. The molecule has 0 spiro atoms. The summed E-state index contributed by atoms with van der Waals surface area (Å²) in [6.07, 6.45) is 1.14. The van der Waals surface area contributed by atoms with Crippen molar-refractivity contribution in [2.75, 3.05) is 32.8 Å². The highest BCUT2D eigenvalue weighted by Gasteiger charge is 2.22. The van der Waals surface area contributed by atoms with Gasteiger partial charge in [0, 0.05) is 13.2 Å². The van der Waals surface area contributed by atoms with Crippen molar-refractivity contribution in [3.05, 3.63) is 0 Å². The van der Waals surface area contributed by atoms with E-state index in [0.717, 1.165) is 32.7 Å². The van der Waals surface area contributed by atoms with Crippen molar-refractivity contribution in [3.63, 3.8) is 0 Å². The molecule has 1 rings (SSSR count). The van der Waals surface area contributed by atoms with Crippen molar-refractivity contribution < 1.29 is 9.94 Å². The fraction of sp³-hybridized carbons (Fsp3) is 0.889. The van der Waals surface area contributed by atoms with Gasteiger partial charge in [-0.05, 0) is 25.8 Å². The molecule has 1 aliphatic rings. The van der Waals surface area contributed by atoms with Crippen LogP contribution in [0.15, 0.2) is 5.16 Å². The third-order valence-corrected chi connectivity index (χ3v) is 2.44. The maximum absolute atomic E-state index is 8.41. The number of likely N-dealkylation sites (tertiary alicyclic amines) is 1. The highest BCUT2D eigenvalue weighted by atomic mass is 16.5. The van der Waals surface area contributed by atoms with Gasteiger partial charge in [-0.2, -0.15) is 0 Å². The highest BCUT2D eigenvalue weighted by molar-refractivity contribution is 5.81. The van der Waals surface area contributed by atoms with Gasteiger partial charge in [0.2, 0.25) is 0 Å². The van der Waals surface area contributed by atoms with Gasteiger partial charge in [0.15, 0.2) is 5.84 Å². The Morgan fingerprint density at radius 2 is 2.50 bits per heavy atom. The Kier molecular flexibility index (Phi) is 4.69. The normalized spacial score (nSPS) is 24.4. The predicted molar refractivity (Wildman–Crippen MR) is 54.4 cm³/mol. The van der Waals surface area contributed by atoms with Crippen molar-refractivity contribution in [3.8, 4) is 0 Å². The average molecular weight is 201 g/mol. The van der Waals surface area contributed by atoms with Crippen LogP contribution in [0.4, 0.5) is 0 Å². The van der Waals surface area contributed by atoms with Crippen LogP contribution in [0.3, 0.4) is 0 Å². The third kappa shape index (κ3) is 3.51. The zero-order chi connectivity index (χ0) is 10.4. The van der Waals surface area contributed by atoms with E-state index in [9.17, 15) is 0 Å². The second kappa shape index (κ2) is 5.82. The van der Waals surface area contributed by atoms with Gasteiger partial charge in [0.25, 0.3) is 0 Å². The zero-order valence-electron chi connectivity index (χ0n) is 8.65. The molecule has 0 radical (unpaired) electrons. The molecular weight excluding hydrogens is 182 g/mol. The van der Waals surface area contributed by atoms with Crippen LogP contribution in [0.25, 0.3) is 0 Å². The molecule has 3 N–H and O–H groups in total. The van der Waals surface area contributed by atoms with E-state index in [2.05, 4.69) is 10.1 Å². The molecule has 0 aromatic heterocycles. The van der Waals surface area contributed by atoms with Crippen molar-refractivity contribution >= 4 is 5.84 Å². The van der Waals surface area contributed by atoms with E-state index in [1.165, 1.54) is 0 Å². The molecule has 1 saturated heterocycles. The minimum Gasteiger partial charge on any atom is -0.409 e. The first-order valence-corrected chi connectivity index (χ1v) is 5.02. The van der Waals surface area contributed by atoms with E-state index >= 15 is 0 Å². The van der Waals surface area contributed by atoms with E-state index in [-0.39, 0.29) is 5.84 Å². The standard InChI is InChI=1S/C9H19N3O2/c1-2-14-7-8-3-4-12(5-8)6-9(10)11-13/h8,13H,2-7H2,1H3,(H2,10,11)/t8-/m1/s1. The Morgan fingerprint density at radius 3 is 3.14 bits per heavy atom. The highest BCUT2D eigenvalue weighted by Crippen LogP contribution is 2.15. The fourth-order valence-electron chi connectivity index (χ4n) is 1.74. The SMILES string of the molecule is CCOC[C@@H]1CCN(CC(N)=NO)C1. The van der Waals surface area contributed by atoms with Gasteiger partial charge in [0.05, 0.1) is 13.2 Å².